The minimum atomic E-state index is -0.637. The fourth-order valence-corrected chi connectivity index (χ4v) is 3.01. The van der Waals surface area contributed by atoms with Gasteiger partial charge in [-0.3, -0.25) is 25.8 Å². The highest BCUT2D eigenvalue weighted by Gasteiger charge is 2.23. The van der Waals surface area contributed by atoms with Gasteiger partial charge in [0.05, 0.1) is 21.8 Å². The van der Waals surface area contributed by atoms with E-state index in [1.165, 1.54) is 18.2 Å². The van der Waals surface area contributed by atoms with Crippen molar-refractivity contribution in [3.63, 3.8) is 0 Å². The van der Waals surface area contributed by atoms with Gasteiger partial charge in [0.25, 0.3) is 5.91 Å². The lowest BCUT2D eigenvalue weighted by molar-refractivity contribution is -0.383. The van der Waals surface area contributed by atoms with E-state index in [9.17, 15) is 14.9 Å². The van der Waals surface area contributed by atoms with Crippen molar-refractivity contribution in [1.82, 2.24) is 24.9 Å². The maximum atomic E-state index is 12.3. The van der Waals surface area contributed by atoms with Crippen molar-refractivity contribution in [3.05, 3.63) is 69.0 Å². The third-order valence-corrected chi connectivity index (χ3v) is 4.47. The molecule has 2 heterocycles. The van der Waals surface area contributed by atoms with Crippen molar-refractivity contribution < 1.29 is 9.72 Å². The number of hydrogen-bond donors (Lipinski definition) is 3. The van der Waals surface area contributed by atoms with E-state index < -0.39 is 16.5 Å². The number of hydrazine groups is 1. The number of imidazole rings is 1. The molecule has 3 aromatic rings. The fourth-order valence-electron chi connectivity index (χ4n) is 2.52. The van der Waals surface area contributed by atoms with Crippen LogP contribution in [0.3, 0.4) is 0 Å². The fraction of sp³-hybridized carbons (Fsp3) is 0.176. The first-order valence-electron chi connectivity index (χ1n) is 8.66. The SMILES string of the molecule is O=C(NNc1ncnc(NCCCn2ccnc2)c1[N+](=O)[O-])c1ccc(Cl)cc1Cl. The summed E-state index contributed by atoms with van der Waals surface area (Å²) in [6, 6.07) is 4.35. The molecule has 1 amide bonds. The zero-order chi connectivity index (χ0) is 21.5. The minimum absolute atomic E-state index is 0.0295. The molecular formula is C17H16Cl2N8O3. The van der Waals surface area contributed by atoms with E-state index in [0.29, 0.717) is 24.5 Å². The first-order valence-corrected chi connectivity index (χ1v) is 9.41. The van der Waals surface area contributed by atoms with Gasteiger partial charge in [-0.1, -0.05) is 23.2 Å². The Labute approximate surface area is 180 Å². The molecule has 30 heavy (non-hydrogen) atoms. The summed E-state index contributed by atoms with van der Waals surface area (Å²) in [7, 11) is 0. The molecule has 0 saturated carbocycles. The molecule has 0 aliphatic carbocycles. The Hall–Kier alpha value is -3.44. The maximum Gasteiger partial charge on any atom is 0.354 e. The number of amides is 1. The predicted octanol–water partition coefficient (Wildman–Crippen LogP) is 3.15. The van der Waals surface area contributed by atoms with Gasteiger partial charge in [0.15, 0.2) is 0 Å². The Bertz CT molecular complexity index is 1050. The number of rotatable bonds is 9. The van der Waals surface area contributed by atoms with Crippen LogP contribution in [-0.2, 0) is 6.54 Å². The first-order chi connectivity index (χ1) is 14.5. The summed E-state index contributed by atoms with van der Waals surface area (Å²) in [4.78, 5) is 34.9. The van der Waals surface area contributed by atoms with Crippen LogP contribution in [0.15, 0.2) is 43.2 Å². The van der Waals surface area contributed by atoms with E-state index in [4.69, 9.17) is 23.2 Å². The summed E-state index contributed by atoms with van der Waals surface area (Å²) in [5, 5.41) is 15.0. The van der Waals surface area contributed by atoms with E-state index in [1.807, 2.05) is 10.8 Å². The van der Waals surface area contributed by atoms with Gasteiger partial charge in [0, 0.05) is 30.5 Å². The van der Waals surface area contributed by atoms with Gasteiger partial charge in [-0.05, 0) is 24.6 Å². The number of carbonyl (C=O) groups is 1. The smallest absolute Gasteiger partial charge is 0.354 e. The molecule has 156 valence electrons. The molecule has 0 atom stereocenters. The van der Waals surface area contributed by atoms with Gasteiger partial charge in [0.1, 0.15) is 6.33 Å². The van der Waals surface area contributed by atoms with Crippen LogP contribution >= 0.6 is 23.2 Å². The zero-order valence-corrected chi connectivity index (χ0v) is 16.9. The Morgan fingerprint density at radius 2 is 2.03 bits per heavy atom. The van der Waals surface area contributed by atoms with Crippen LogP contribution in [-0.4, -0.2) is 36.9 Å². The lowest BCUT2D eigenvalue weighted by Crippen LogP contribution is -2.30. The molecule has 3 rings (SSSR count). The second-order valence-corrected chi connectivity index (χ2v) is 6.80. The van der Waals surface area contributed by atoms with Crippen molar-refractivity contribution >= 4 is 46.4 Å². The summed E-state index contributed by atoms with van der Waals surface area (Å²) in [6.45, 7) is 1.12. The second-order valence-electron chi connectivity index (χ2n) is 5.96. The molecule has 0 unspecified atom stereocenters. The number of halogens is 2. The number of hydrogen-bond acceptors (Lipinski definition) is 8. The zero-order valence-electron chi connectivity index (χ0n) is 15.4. The number of nitro groups is 1. The van der Waals surface area contributed by atoms with Crippen molar-refractivity contribution in [1.29, 1.82) is 0 Å². The Morgan fingerprint density at radius 3 is 2.73 bits per heavy atom. The van der Waals surface area contributed by atoms with Gasteiger partial charge in [-0.2, -0.15) is 0 Å². The molecule has 0 saturated heterocycles. The van der Waals surface area contributed by atoms with Crippen molar-refractivity contribution in [3.8, 4) is 0 Å². The number of anilines is 2. The molecule has 11 nitrogen and oxygen atoms in total. The molecule has 0 aliphatic rings. The molecule has 0 spiro atoms. The summed E-state index contributed by atoms with van der Waals surface area (Å²) in [6.07, 6.45) is 7.02. The molecule has 2 aromatic heterocycles. The molecule has 0 aliphatic heterocycles. The number of nitrogens with zero attached hydrogens (tertiary/aromatic N) is 5. The number of nitrogens with one attached hydrogen (secondary N) is 3. The van der Waals surface area contributed by atoms with Crippen LogP contribution < -0.4 is 16.2 Å². The van der Waals surface area contributed by atoms with E-state index in [-0.39, 0.29) is 22.2 Å². The lowest BCUT2D eigenvalue weighted by Gasteiger charge is -2.11. The number of benzene rings is 1. The van der Waals surface area contributed by atoms with Gasteiger partial charge >= 0.3 is 5.69 Å². The van der Waals surface area contributed by atoms with Gasteiger partial charge in [0.2, 0.25) is 11.6 Å². The molecule has 3 N–H and O–H groups in total. The van der Waals surface area contributed by atoms with Crippen LogP contribution in [0.1, 0.15) is 16.8 Å². The van der Waals surface area contributed by atoms with Crippen LogP contribution in [0.4, 0.5) is 17.3 Å². The second kappa shape index (κ2) is 9.85. The van der Waals surface area contributed by atoms with Gasteiger partial charge < -0.3 is 9.88 Å². The minimum Gasteiger partial charge on any atom is -0.364 e. The number of aryl methyl sites for hydroxylation is 1. The average molecular weight is 451 g/mol. The summed E-state index contributed by atoms with van der Waals surface area (Å²) < 4.78 is 1.89. The molecule has 1 aromatic carbocycles. The quantitative estimate of drug-likeness (QED) is 0.256. The number of aromatic nitrogens is 4. The van der Waals surface area contributed by atoms with Crippen LogP contribution in [0.5, 0.6) is 0 Å². The molecule has 0 bridgehead atoms. The maximum absolute atomic E-state index is 12.3. The topological polar surface area (TPSA) is 140 Å². The van der Waals surface area contributed by atoms with E-state index >= 15 is 0 Å². The monoisotopic (exact) mass is 450 g/mol. The van der Waals surface area contributed by atoms with E-state index in [2.05, 4.69) is 31.1 Å². The van der Waals surface area contributed by atoms with Gasteiger partial charge in [-0.15, -0.1) is 0 Å². The normalized spacial score (nSPS) is 10.5. The van der Waals surface area contributed by atoms with Crippen molar-refractivity contribution in [2.75, 3.05) is 17.3 Å². The highest BCUT2D eigenvalue weighted by atomic mass is 35.5. The van der Waals surface area contributed by atoms with E-state index in [0.717, 1.165) is 6.33 Å². The Morgan fingerprint density at radius 1 is 1.23 bits per heavy atom. The van der Waals surface area contributed by atoms with Crippen LogP contribution in [0, 0.1) is 10.1 Å². The Kier molecular flexibility index (Phi) is 6.99. The lowest BCUT2D eigenvalue weighted by atomic mass is 10.2. The molecular weight excluding hydrogens is 435 g/mol. The third-order valence-electron chi connectivity index (χ3n) is 3.92. The largest absolute Gasteiger partial charge is 0.364 e. The summed E-state index contributed by atoms with van der Waals surface area (Å²) >= 11 is 11.8. The van der Waals surface area contributed by atoms with Crippen LogP contribution in [0.25, 0.3) is 0 Å². The van der Waals surface area contributed by atoms with Crippen LogP contribution in [0.2, 0.25) is 10.0 Å². The standard InChI is InChI=1S/C17H16Cl2N8O3/c18-11-2-3-12(13(19)8-11)17(28)25-24-16-14(27(29)30)15(22-9-23-16)21-4-1-6-26-7-5-20-10-26/h2-3,5,7-10H,1,4,6H2,(H,25,28)(H2,21,22,23,24). The van der Waals surface area contributed by atoms with Crippen molar-refractivity contribution in [2.24, 2.45) is 0 Å². The molecule has 0 fully saturated rings. The summed E-state index contributed by atoms with van der Waals surface area (Å²) in [5.41, 5.74) is 4.53. The summed E-state index contributed by atoms with van der Waals surface area (Å²) in [5.74, 6) is -0.758. The average Bonchev–Trinajstić information content (AvgIpc) is 3.22. The molecule has 0 radical (unpaired) electrons. The predicted molar refractivity (Wildman–Crippen MR) is 112 cm³/mol. The highest BCUT2D eigenvalue weighted by molar-refractivity contribution is 6.36. The first kappa shape index (κ1) is 21.3. The number of carbonyl (C=O) groups excluding carboxylic acids is 1. The molecule has 13 heteroatoms. The Balaban J connectivity index is 1.66. The van der Waals surface area contributed by atoms with Gasteiger partial charge in [-0.25, -0.2) is 15.0 Å². The third kappa shape index (κ3) is 5.33. The van der Waals surface area contributed by atoms with E-state index in [1.54, 1.807) is 12.5 Å². The highest BCUT2D eigenvalue weighted by Crippen LogP contribution is 2.28. The van der Waals surface area contributed by atoms with Crippen molar-refractivity contribution in [2.45, 2.75) is 13.0 Å².